The lowest BCUT2D eigenvalue weighted by Gasteiger charge is -2.09. The number of hydrogen-bond donors (Lipinski definition) is 1. The minimum atomic E-state index is 0.398. The van der Waals surface area contributed by atoms with Crippen LogP contribution in [-0.4, -0.2) is 16.0 Å². The molecule has 1 N–H and O–H groups in total. The summed E-state index contributed by atoms with van der Waals surface area (Å²) in [5, 5.41) is 3.40. The van der Waals surface area contributed by atoms with Crippen LogP contribution in [0.25, 0.3) is 0 Å². The highest BCUT2D eigenvalue weighted by molar-refractivity contribution is 5.38. The summed E-state index contributed by atoms with van der Waals surface area (Å²) < 4.78 is 0. The summed E-state index contributed by atoms with van der Waals surface area (Å²) in [5.41, 5.74) is 1.05. The molecule has 1 saturated carbocycles. The fourth-order valence-electron chi connectivity index (χ4n) is 1.36. The zero-order chi connectivity index (χ0) is 10.1. The maximum atomic E-state index is 4.49. The van der Waals surface area contributed by atoms with Gasteiger partial charge in [0.05, 0.1) is 0 Å². The van der Waals surface area contributed by atoms with Crippen LogP contribution in [0.15, 0.2) is 6.07 Å². The van der Waals surface area contributed by atoms with E-state index in [1.54, 1.807) is 0 Å². The van der Waals surface area contributed by atoms with E-state index in [1.807, 2.05) is 13.0 Å². The van der Waals surface area contributed by atoms with Gasteiger partial charge in [0.15, 0.2) is 0 Å². The Morgan fingerprint density at radius 2 is 2.07 bits per heavy atom. The van der Waals surface area contributed by atoms with Crippen LogP contribution >= 0.6 is 0 Å². The van der Waals surface area contributed by atoms with E-state index in [1.165, 1.54) is 12.8 Å². The van der Waals surface area contributed by atoms with Gasteiger partial charge in [-0.1, -0.05) is 13.8 Å². The van der Waals surface area contributed by atoms with Gasteiger partial charge in [-0.25, -0.2) is 9.97 Å². The molecule has 0 aliphatic heterocycles. The Bertz CT molecular complexity index is 329. The van der Waals surface area contributed by atoms with Crippen LogP contribution < -0.4 is 5.32 Å². The van der Waals surface area contributed by atoms with E-state index in [4.69, 9.17) is 0 Å². The van der Waals surface area contributed by atoms with Crippen molar-refractivity contribution >= 4 is 5.82 Å². The van der Waals surface area contributed by atoms with E-state index in [0.717, 1.165) is 17.3 Å². The van der Waals surface area contributed by atoms with E-state index in [2.05, 4.69) is 29.1 Å². The van der Waals surface area contributed by atoms with Crippen LogP contribution in [-0.2, 0) is 0 Å². The van der Waals surface area contributed by atoms with Gasteiger partial charge >= 0.3 is 0 Å². The molecule has 3 heteroatoms. The van der Waals surface area contributed by atoms with Crippen molar-refractivity contribution in [3.63, 3.8) is 0 Å². The monoisotopic (exact) mass is 191 g/mol. The smallest absolute Gasteiger partial charge is 0.133 e. The summed E-state index contributed by atoms with van der Waals surface area (Å²) in [4.78, 5) is 8.90. The number of hydrogen-bond acceptors (Lipinski definition) is 3. The lowest BCUT2D eigenvalue weighted by molar-refractivity contribution is 0.766. The van der Waals surface area contributed by atoms with Gasteiger partial charge in [0.2, 0.25) is 0 Å². The summed E-state index contributed by atoms with van der Waals surface area (Å²) in [5.74, 6) is 2.33. The second-order valence-electron chi connectivity index (χ2n) is 4.33. The molecule has 0 atom stereocenters. The molecule has 1 aliphatic rings. The summed E-state index contributed by atoms with van der Waals surface area (Å²) in [6, 6.07) is 2.67. The molecule has 1 heterocycles. The summed E-state index contributed by atoms with van der Waals surface area (Å²) >= 11 is 0. The average molecular weight is 191 g/mol. The Morgan fingerprint density at radius 3 is 2.64 bits per heavy atom. The average Bonchev–Trinajstić information content (AvgIpc) is 2.87. The molecule has 14 heavy (non-hydrogen) atoms. The number of aromatic nitrogens is 2. The number of anilines is 1. The molecule has 0 unspecified atom stereocenters. The van der Waals surface area contributed by atoms with E-state index in [-0.39, 0.29) is 0 Å². The van der Waals surface area contributed by atoms with Gasteiger partial charge in [-0.2, -0.15) is 0 Å². The summed E-state index contributed by atoms with van der Waals surface area (Å²) in [7, 11) is 0. The van der Waals surface area contributed by atoms with Crippen molar-refractivity contribution in [1.29, 1.82) is 0 Å². The lowest BCUT2D eigenvalue weighted by atomic mass is 10.2. The van der Waals surface area contributed by atoms with E-state index < -0.39 is 0 Å². The number of aryl methyl sites for hydroxylation is 1. The van der Waals surface area contributed by atoms with E-state index >= 15 is 0 Å². The number of nitrogens with one attached hydrogen (secondary N) is 1. The largest absolute Gasteiger partial charge is 0.367 e. The second kappa shape index (κ2) is 3.56. The zero-order valence-electron chi connectivity index (χ0n) is 9.04. The molecule has 1 aliphatic carbocycles. The molecule has 2 rings (SSSR count). The predicted molar refractivity (Wildman–Crippen MR) is 57.5 cm³/mol. The first kappa shape index (κ1) is 9.44. The highest BCUT2D eigenvalue weighted by Crippen LogP contribution is 2.24. The molecular formula is C11H17N3. The van der Waals surface area contributed by atoms with Crippen LogP contribution in [0.5, 0.6) is 0 Å². The van der Waals surface area contributed by atoms with Crippen LogP contribution in [0, 0.1) is 6.92 Å². The van der Waals surface area contributed by atoms with Crippen molar-refractivity contribution in [2.75, 3.05) is 5.32 Å². The molecule has 0 saturated heterocycles. The van der Waals surface area contributed by atoms with Gasteiger partial charge < -0.3 is 5.32 Å². The SMILES string of the molecule is Cc1cc(NC2CC2)nc(C(C)C)n1. The molecule has 1 fully saturated rings. The molecule has 0 spiro atoms. The Morgan fingerprint density at radius 1 is 1.36 bits per heavy atom. The van der Waals surface area contributed by atoms with Gasteiger partial charge in [0.1, 0.15) is 11.6 Å². The van der Waals surface area contributed by atoms with E-state index in [0.29, 0.717) is 12.0 Å². The van der Waals surface area contributed by atoms with Crippen LogP contribution in [0.3, 0.4) is 0 Å². The standard InChI is InChI=1S/C11H17N3/c1-7(2)11-12-8(3)6-10(14-11)13-9-4-5-9/h6-7,9H,4-5H2,1-3H3,(H,12,13,14). The fraction of sp³-hybridized carbons (Fsp3) is 0.636. The topological polar surface area (TPSA) is 37.8 Å². The summed E-state index contributed by atoms with van der Waals surface area (Å²) in [6.07, 6.45) is 2.56. The van der Waals surface area contributed by atoms with E-state index in [9.17, 15) is 0 Å². The third-order valence-electron chi connectivity index (χ3n) is 2.32. The molecule has 1 aromatic rings. The predicted octanol–water partition coefficient (Wildman–Crippen LogP) is 2.48. The maximum Gasteiger partial charge on any atom is 0.133 e. The molecule has 0 amide bonds. The first-order valence-corrected chi connectivity index (χ1v) is 5.27. The Kier molecular flexibility index (Phi) is 2.40. The quantitative estimate of drug-likeness (QED) is 0.797. The fourth-order valence-corrected chi connectivity index (χ4v) is 1.36. The number of nitrogens with zero attached hydrogens (tertiary/aromatic N) is 2. The van der Waals surface area contributed by atoms with Gasteiger partial charge in [0, 0.05) is 23.7 Å². The maximum absolute atomic E-state index is 4.49. The van der Waals surface area contributed by atoms with Crippen molar-refractivity contribution < 1.29 is 0 Å². The highest BCUT2D eigenvalue weighted by atomic mass is 15.1. The molecule has 3 nitrogen and oxygen atoms in total. The van der Waals surface area contributed by atoms with Gasteiger partial charge in [0.25, 0.3) is 0 Å². The Labute approximate surface area is 85.0 Å². The Hall–Kier alpha value is -1.12. The first-order valence-electron chi connectivity index (χ1n) is 5.27. The minimum Gasteiger partial charge on any atom is -0.367 e. The van der Waals surface area contributed by atoms with Crippen molar-refractivity contribution in [1.82, 2.24) is 9.97 Å². The molecule has 0 radical (unpaired) electrons. The van der Waals surface area contributed by atoms with Crippen molar-refractivity contribution in [3.05, 3.63) is 17.6 Å². The molecule has 1 aromatic heterocycles. The highest BCUT2D eigenvalue weighted by Gasteiger charge is 2.21. The molecule has 0 bridgehead atoms. The summed E-state index contributed by atoms with van der Waals surface area (Å²) in [6.45, 7) is 6.26. The van der Waals surface area contributed by atoms with Crippen LogP contribution in [0.1, 0.15) is 44.1 Å². The Balaban J connectivity index is 2.21. The van der Waals surface area contributed by atoms with Crippen molar-refractivity contribution in [3.8, 4) is 0 Å². The van der Waals surface area contributed by atoms with Crippen LogP contribution in [0.2, 0.25) is 0 Å². The minimum absolute atomic E-state index is 0.398. The van der Waals surface area contributed by atoms with Crippen molar-refractivity contribution in [2.45, 2.75) is 45.6 Å². The first-order chi connectivity index (χ1) is 6.65. The van der Waals surface area contributed by atoms with Crippen LogP contribution in [0.4, 0.5) is 5.82 Å². The normalized spacial score (nSPS) is 16.0. The van der Waals surface area contributed by atoms with Gasteiger partial charge in [-0.15, -0.1) is 0 Å². The lowest BCUT2D eigenvalue weighted by Crippen LogP contribution is -2.07. The zero-order valence-corrected chi connectivity index (χ0v) is 9.04. The third-order valence-corrected chi connectivity index (χ3v) is 2.32. The van der Waals surface area contributed by atoms with Gasteiger partial charge in [-0.3, -0.25) is 0 Å². The number of rotatable bonds is 3. The molecule has 76 valence electrons. The molecular weight excluding hydrogens is 174 g/mol. The van der Waals surface area contributed by atoms with Crippen molar-refractivity contribution in [2.24, 2.45) is 0 Å². The third kappa shape index (κ3) is 2.22. The molecule has 0 aromatic carbocycles. The second-order valence-corrected chi connectivity index (χ2v) is 4.33. The van der Waals surface area contributed by atoms with Gasteiger partial charge in [-0.05, 0) is 19.8 Å².